The number of hydrogen-bond donors (Lipinski definition) is 2. The molecule has 0 radical (unpaired) electrons. The van der Waals surface area contributed by atoms with E-state index in [0.29, 0.717) is 68.0 Å². The molecule has 3 atom stereocenters. The highest BCUT2D eigenvalue weighted by Crippen LogP contribution is 2.37. The van der Waals surface area contributed by atoms with E-state index in [9.17, 15) is 14.4 Å². The Balaban J connectivity index is 0.988. The molecule has 6 heterocycles. The minimum absolute atomic E-state index is 0.00344. The first-order valence-corrected chi connectivity index (χ1v) is 18.6. The van der Waals surface area contributed by atoms with Crippen LogP contribution in [0.1, 0.15) is 61.6 Å². The third-order valence-electron chi connectivity index (χ3n) is 11.7. The average molecular weight is 682 g/mol. The second kappa shape index (κ2) is 13.6. The highest BCUT2D eigenvalue weighted by molar-refractivity contribution is 7.14. The van der Waals surface area contributed by atoms with Crippen molar-refractivity contribution in [2.45, 2.75) is 89.0 Å². The van der Waals surface area contributed by atoms with Crippen LogP contribution in [0.15, 0.2) is 23.6 Å². The van der Waals surface area contributed by atoms with Crippen LogP contribution in [0, 0.1) is 12.8 Å². The van der Waals surface area contributed by atoms with Gasteiger partial charge in [0.2, 0.25) is 11.8 Å². The summed E-state index contributed by atoms with van der Waals surface area (Å²) in [5, 5.41) is 6.44. The maximum absolute atomic E-state index is 14.2. The summed E-state index contributed by atoms with van der Waals surface area (Å²) in [5.41, 5.74) is 9.63. The maximum atomic E-state index is 14.2. The van der Waals surface area contributed by atoms with Gasteiger partial charge in [-0.05, 0) is 87.6 Å². The number of fused-ring (bicyclic) bond motifs is 3. The van der Waals surface area contributed by atoms with E-state index in [2.05, 4.69) is 28.2 Å². The van der Waals surface area contributed by atoms with Crippen molar-refractivity contribution in [2.75, 3.05) is 57.4 Å². The van der Waals surface area contributed by atoms with Gasteiger partial charge in [-0.2, -0.15) is 0 Å². The standard InChI is InChI=1S/C35H48ClN7O3S/c1-22-15-23(17-30(36)32(22)37)16-25(34(45)42-12-10-40(11-13-42)29-19-27-3-4-28(20-29)39(27)2)18-31(44)41-8-5-26(6-9-41)43-21-24-7-14-47-33(24)38-35(43)46/h7,14-15,17,25-29H,3-6,8-13,16,18-21,37H2,1-2H3,(H,38,46)/t25-,27?,28?,29?/m0/s1. The minimum Gasteiger partial charge on any atom is -0.397 e. The van der Waals surface area contributed by atoms with Gasteiger partial charge >= 0.3 is 6.03 Å². The van der Waals surface area contributed by atoms with E-state index >= 15 is 0 Å². The van der Waals surface area contributed by atoms with Gasteiger partial charge in [-0.25, -0.2) is 4.79 Å². The van der Waals surface area contributed by atoms with E-state index in [-0.39, 0.29) is 30.3 Å². The van der Waals surface area contributed by atoms with Crippen molar-refractivity contribution < 1.29 is 14.4 Å². The number of nitrogens with two attached hydrogens (primary N) is 1. The molecule has 254 valence electrons. The van der Waals surface area contributed by atoms with Gasteiger partial charge in [-0.1, -0.05) is 17.7 Å². The van der Waals surface area contributed by atoms with Gasteiger partial charge in [0.15, 0.2) is 0 Å². The number of halogens is 1. The molecule has 0 spiro atoms. The number of piperidine rings is 2. The van der Waals surface area contributed by atoms with Crippen LogP contribution >= 0.6 is 22.9 Å². The number of benzene rings is 1. The topological polar surface area (TPSA) is 105 Å². The number of piperazine rings is 1. The number of rotatable bonds is 7. The van der Waals surface area contributed by atoms with Gasteiger partial charge in [0.1, 0.15) is 5.00 Å². The normalized spacial score (nSPS) is 26.3. The Bertz CT molecular complexity index is 1460. The maximum Gasteiger partial charge on any atom is 0.323 e. The molecule has 1 aromatic heterocycles. The zero-order valence-electron chi connectivity index (χ0n) is 27.6. The Morgan fingerprint density at radius 2 is 1.68 bits per heavy atom. The number of urea groups is 1. The fourth-order valence-electron chi connectivity index (χ4n) is 8.78. The fourth-order valence-corrected chi connectivity index (χ4v) is 9.87. The first kappa shape index (κ1) is 32.7. The number of nitrogens with zero attached hydrogens (tertiary/aromatic N) is 5. The van der Waals surface area contributed by atoms with Gasteiger partial charge in [-0.3, -0.25) is 19.8 Å². The molecule has 0 aliphatic carbocycles. The van der Waals surface area contributed by atoms with Crippen molar-refractivity contribution in [3.8, 4) is 0 Å². The van der Waals surface area contributed by atoms with Crippen LogP contribution in [0.4, 0.5) is 15.5 Å². The largest absolute Gasteiger partial charge is 0.397 e. The van der Waals surface area contributed by atoms with Gasteiger partial charge in [-0.15, -0.1) is 11.3 Å². The Labute approximate surface area is 287 Å². The predicted octanol–water partition coefficient (Wildman–Crippen LogP) is 4.65. The third kappa shape index (κ3) is 6.73. The van der Waals surface area contributed by atoms with Crippen LogP contribution in [0.2, 0.25) is 5.02 Å². The van der Waals surface area contributed by atoms with E-state index in [1.165, 1.54) is 25.7 Å². The SMILES string of the molecule is Cc1cc(C[C@@H](CC(=O)N2CCC(N3Cc4ccsc4NC3=O)CC2)C(=O)N2CCN(C3CC4CCC(C3)N4C)CC2)cc(Cl)c1N. The van der Waals surface area contributed by atoms with Crippen LogP contribution < -0.4 is 11.1 Å². The van der Waals surface area contributed by atoms with Gasteiger partial charge in [0.05, 0.1) is 23.2 Å². The second-order valence-corrected chi connectivity index (χ2v) is 15.7. The van der Waals surface area contributed by atoms with Crippen LogP contribution in [-0.4, -0.2) is 113 Å². The van der Waals surface area contributed by atoms with Crippen molar-refractivity contribution in [1.82, 2.24) is 24.5 Å². The molecule has 12 heteroatoms. The summed E-state index contributed by atoms with van der Waals surface area (Å²) in [4.78, 5) is 51.8. The number of nitrogen functional groups attached to an aromatic ring is 1. The number of hydrogen-bond acceptors (Lipinski definition) is 7. The summed E-state index contributed by atoms with van der Waals surface area (Å²) in [6, 6.07) is 7.91. The molecular formula is C35H48ClN7O3S. The fraction of sp³-hybridized carbons (Fsp3) is 0.629. The quantitative estimate of drug-likeness (QED) is 0.413. The molecule has 5 aliphatic heterocycles. The molecule has 4 saturated heterocycles. The number of aryl methyl sites for hydroxylation is 1. The zero-order valence-corrected chi connectivity index (χ0v) is 29.2. The lowest BCUT2D eigenvalue weighted by molar-refractivity contribution is -0.143. The van der Waals surface area contributed by atoms with Crippen molar-refractivity contribution in [3.63, 3.8) is 0 Å². The first-order valence-electron chi connectivity index (χ1n) is 17.4. The first-order chi connectivity index (χ1) is 22.6. The molecule has 7 rings (SSSR count). The lowest BCUT2D eigenvalue weighted by atomic mass is 9.91. The van der Waals surface area contributed by atoms with Gasteiger partial charge < -0.3 is 25.3 Å². The number of likely N-dealkylation sites (tertiary alicyclic amines) is 1. The number of carbonyl (C=O) groups is 3. The van der Waals surface area contributed by atoms with E-state index in [1.54, 1.807) is 11.3 Å². The Morgan fingerprint density at radius 1 is 0.979 bits per heavy atom. The van der Waals surface area contributed by atoms with Crippen molar-refractivity contribution in [1.29, 1.82) is 0 Å². The monoisotopic (exact) mass is 681 g/mol. The number of anilines is 2. The molecule has 2 aromatic rings. The number of nitrogens with one attached hydrogen (secondary N) is 1. The van der Waals surface area contributed by atoms with Crippen LogP contribution in [0.5, 0.6) is 0 Å². The number of carbonyl (C=O) groups excluding carboxylic acids is 3. The Kier molecular flexibility index (Phi) is 9.43. The molecule has 47 heavy (non-hydrogen) atoms. The zero-order chi connectivity index (χ0) is 32.8. The highest BCUT2D eigenvalue weighted by Gasteiger charge is 2.42. The van der Waals surface area contributed by atoms with Crippen molar-refractivity contribution in [3.05, 3.63) is 45.3 Å². The summed E-state index contributed by atoms with van der Waals surface area (Å²) in [5.74, 6) is -0.419. The van der Waals surface area contributed by atoms with E-state index in [0.717, 1.165) is 47.6 Å². The Hall–Kier alpha value is -2.86. The van der Waals surface area contributed by atoms with Gasteiger partial charge in [0, 0.05) is 75.4 Å². The molecule has 10 nitrogen and oxygen atoms in total. The molecule has 4 amide bonds. The highest BCUT2D eigenvalue weighted by atomic mass is 35.5. The van der Waals surface area contributed by atoms with Crippen LogP contribution in [0.25, 0.3) is 0 Å². The third-order valence-corrected chi connectivity index (χ3v) is 12.9. The molecule has 4 fully saturated rings. The van der Waals surface area contributed by atoms with E-state index < -0.39 is 5.92 Å². The summed E-state index contributed by atoms with van der Waals surface area (Å²) < 4.78 is 0. The Morgan fingerprint density at radius 3 is 2.36 bits per heavy atom. The summed E-state index contributed by atoms with van der Waals surface area (Å²) >= 11 is 8.01. The van der Waals surface area contributed by atoms with Gasteiger partial charge in [0.25, 0.3) is 0 Å². The van der Waals surface area contributed by atoms with E-state index in [4.69, 9.17) is 17.3 Å². The molecule has 1 aromatic carbocycles. The minimum atomic E-state index is -0.477. The molecular weight excluding hydrogens is 634 g/mol. The van der Waals surface area contributed by atoms with Crippen LogP contribution in [0.3, 0.4) is 0 Å². The lowest BCUT2D eigenvalue weighted by Gasteiger charge is -2.45. The number of amides is 4. The molecule has 2 unspecified atom stereocenters. The lowest BCUT2D eigenvalue weighted by Crippen LogP contribution is -2.56. The van der Waals surface area contributed by atoms with Crippen molar-refractivity contribution in [2.24, 2.45) is 5.92 Å². The molecule has 2 bridgehead atoms. The summed E-state index contributed by atoms with van der Waals surface area (Å²) in [7, 11) is 2.28. The van der Waals surface area contributed by atoms with E-state index in [1.807, 2.05) is 39.1 Å². The van der Waals surface area contributed by atoms with Crippen LogP contribution in [-0.2, 0) is 22.6 Å². The molecule has 5 aliphatic rings. The average Bonchev–Trinajstić information content (AvgIpc) is 3.59. The smallest absolute Gasteiger partial charge is 0.323 e. The molecule has 3 N–H and O–H groups in total. The second-order valence-electron chi connectivity index (χ2n) is 14.4. The van der Waals surface area contributed by atoms with Crippen molar-refractivity contribution >= 4 is 51.5 Å². The molecule has 0 saturated carbocycles. The number of thiophene rings is 1. The predicted molar refractivity (Wildman–Crippen MR) is 187 cm³/mol. The summed E-state index contributed by atoms with van der Waals surface area (Å²) in [6.07, 6.45) is 7.12. The summed E-state index contributed by atoms with van der Waals surface area (Å²) in [6.45, 7) is 6.85.